The highest BCUT2D eigenvalue weighted by Gasteiger charge is 2.29. The summed E-state index contributed by atoms with van der Waals surface area (Å²) in [5.74, 6) is 1.21. The number of rotatable bonds is 3. The van der Waals surface area contributed by atoms with E-state index in [1.807, 2.05) is 12.3 Å². The van der Waals surface area contributed by atoms with Crippen LogP contribution in [0.25, 0.3) is 11.2 Å². The van der Waals surface area contributed by atoms with Gasteiger partial charge < -0.3 is 4.57 Å². The van der Waals surface area contributed by atoms with E-state index in [1.54, 1.807) is 0 Å². The van der Waals surface area contributed by atoms with Crippen molar-refractivity contribution < 1.29 is 0 Å². The van der Waals surface area contributed by atoms with Crippen molar-refractivity contribution in [3.63, 3.8) is 0 Å². The van der Waals surface area contributed by atoms with Gasteiger partial charge in [0.25, 0.3) is 0 Å². The lowest BCUT2D eigenvalue weighted by Gasteiger charge is -2.35. The predicted octanol–water partition coefficient (Wildman–Crippen LogP) is 4.02. The molecule has 0 bridgehead atoms. The SMILES string of the molecule is CCN1CCCCC1c1nc2cccnc2n1CC(C)(C)C. The van der Waals surface area contributed by atoms with E-state index in [9.17, 15) is 0 Å². The molecule has 1 aliphatic rings. The van der Waals surface area contributed by atoms with Gasteiger partial charge in [-0.2, -0.15) is 0 Å². The Labute approximate surface area is 133 Å². The van der Waals surface area contributed by atoms with Gasteiger partial charge in [-0.25, -0.2) is 9.97 Å². The molecule has 1 fully saturated rings. The van der Waals surface area contributed by atoms with Crippen LogP contribution in [0.15, 0.2) is 18.3 Å². The molecule has 1 aliphatic heterocycles. The Morgan fingerprint density at radius 1 is 1.27 bits per heavy atom. The molecule has 1 unspecified atom stereocenters. The molecular formula is C18H28N4. The van der Waals surface area contributed by atoms with Crippen LogP contribution < -0.4 is 0 Å². The first kappa shape index (κ1) is 15.5. The third-order valence-electron chi connectivity index (χ3n) is 4.48. The molecule has 0 saturated carbocycles. The van der Waals surface area contributed by atoms with Gasteiger partial charge in [0, 0.05) is 12.7 Å². The van der Waals surface area contributed by atoms with Gasteiger partial charge in [-0.15, -0.1) is 0 Å². The van der Waals surface area contributed by atoms with Crippen LogP contribution in [0.5, 0.6) is 0 Å². The molecule has 4 heteroatoms. The summed E-state index contributed by atoms with van der Waals surface area (Å²) < 4.78 is 2.37. The topological polar surface area (TPSA) is 34.0 Å². The summed E-state index contributed by atoms with van der Waals surface area (Å²) in [6.07, 6.45) is 5.70. The molecule has 4 nitrogen and oxygen atoms in total. The number of piperidine rings is 1. The minimum Gasteiger partial charge on any atom is -0.311 e. The van der Waals surface area contributed by atoms with E-state index in [1.165, 1.54) is 31.6 Å². The van der Waals surface area contributed by atoms with Gasteiger partial charge in [-0.1, -0.05) is 34.1 Å². The number of pyridine rings is 1. The van der Waals surface area contributed by atoms with Crippen LogP contribution in [0.3, 0.4) is 0 Å². The third-order valence-corrected chi connectivity index (χ3v) is 4.48. The van der Waals surface area contributed by atoms with Crippen molar-refractivity contribution in [3.8, 4) is 0 Å². The molecule has 3 rings (SSSR count). The molecule has 2 aromatic rings. The third kappa shape index (κ3) is 3.02. The summed E-state index contributed by atoms with van der Waals surface area (Å²) >= 11 is 0. The molecule has 1 saturated heterocycles. The Morgan fingerprint density at radius 2 is 2.09 bits per heavy atom. The first-order chi connectivity index (χ1) is 10.5. The lowest BCUT2D eigenvalue weighted by Crippen LogP contribution is -2.35. The maximum Gasteiger partial charge on any atom is 0.160 e. The molecule has 22 heavy (non-hydrogen) atoms. The molecule has 2 aromatic heterocycles. The lowest BCUT2D eigenvalue weighted by molar-refractivity contribution is 0.144. The van der Waals surface area contributed by atoms with Crippen LogP contribution in [-0.4, -0.2) is 32.5 Å². The molecule has 0 spiro atoms. The van der Waals surface area contributed by atoms with Crippen molar-refractivity contribution in [1.82, 2.24) is 19.4 Å². The van der Waals surface area contributed by atoms with Crippen LogP contribution in [0.4, 0.5) is 0 Å². The standard InChI is InChI=1S/C18H28N4/c1-5-21-12-7-6-10-15(21)17-20-14-9-8-11-19-16(14)22(17)13-18(2,3)4/h8-9,11,15H,5-7,10,12-13H2,1-4H3. The van der Waals surface area contributed by atoms with Crippen molar-refractivity contribution in [3.05, 3.63) is 24.2 Å². The second-order valence-electron chi connectivity index (χ2n) is 7.60. The zero-order valence-corrected chi connectivity index (χ0v) is 14.3. The summed E-state index contributed by atoms with van der Waals surface area (Å²) in [5.41, 5.74) is 2.28. The summed E-state index contributed by atoms with van der Waals surface area (Å²) in [6.45, 7) is 12.3. The highest BCUT2D eigenvalue weighted by Crippen LogP contribution is 2.33. The first-order valence-electron chi connectivity index (χ1n) is 8.55. The Kier molecular flexibility index (Phi) is 4.22. The number of nitrogens with zero attached hydrogens (tertiary/aromatic N) is 4. The maximum atomic E-state index is 4.98. The lowest BCUT2D eigenvalue weighted by atomic mass is 9.96. The van der Waals surface area contributed by atoms with Gasteiger partial charge in [0.15, 0.2) is 5.65 Å². The normalized spacial score (nSPS) is 20.6. The molecule has 0 aliphatic carbocycles. The molecule has 0 radical (unpaired) electrons. The number of aromatic nitrogens is 3. The number of imidazole rings is 1. The van der Waals surface area contributed by atoms with Gasteiger partial charge in [-0.3, -0.25) is 4.90 Å². The van der Waals surface area contributed by atoms with E-state index in [0.29, 0.717) is 6.04 Å². The minimum absolute atomic E-state index is 0.214. The van der Waals surface area contributed by atoms with Gasteiger partial charge in [-0.05, 0) is 43.5 Å². The van der Waals surface area contributed by atoms with Crippen LogP contribution in [-0.2, 0) is 6.54 Å². The second kappa shape index (κ2) is 5.99. The van der Waals surface area contributed by atoms with Gasteiger partial charge in [0.2, 0.25) is 0 Å². The zero-order chi connectivity index (χ0) is 15.7. The Hall–Kier alpha value is -1.42. The van der Waals surface area contributed by atoms with Crippen LogP contribution in [0.2, 0.25) is 0 Å². The maximum absolute atomic E-state index is 4.98. The highest BCUT2D eigenvalue weighted by atomic mass is 15.2. The van der Waals surface area contributed by atoms with Crippen molar-refractivity contribution >= 4 is 11.2 Å². The Balaban J connectivity index is 2.09. The predicted molar refractivity (Wildman–Crippen MR) is 90.8 cm³/mol. The fourth-order valence-electron chi connectivity index (χ4n) is 3.52. The molecule has 3 heterocycles. The smallest absolute Gasteiger partial charge is 0.160 e. The molecule has 120 valence electrons. The number of hydrogen-bond donors (Lipinski definition) is 0. The first-order valence-corrected chi connectivity index (χ1v) is 8.55. The van der Waals surface area contributed by atoms with Crippen molar-refractivity contribution in [2.24, 2.45) is 5.41 Å². The zero-order valence-electron chi connectivity index (χ0n) is 14.3. The fraction of sp³-hybridized carbons (Fsp3) is 0.667. The molecule has 1 atom stereocenters. The molecule has 0 N–H and O–H groups in total. The number of fused-ring (bicyclic) bond motifs is 1. The fourth-order valence-corrected chi connectivity index (χ4v) is 3.52. The van der Waals surface area contributed by atoms with Crippen LogP contribution >= 0.6 is 0 Å². The monoisotopic (exact) mass is 300 g/mol. The average molecular weight is 300 g/mol. The van der Waals surface area contributed by atoms with E-state index >= 15 is 0 Å². The molecular weight excluding hydrogens is 272 g/mol. The van der Waals surface area contributed by atoms with Crippen molar-refractivity contribution in [2.45, 2.75) is 59.5 Å². The van der Waals surface area contributed by atoms with E-state index in [4.69, 9.17) is 4.98 Å². The van der Waals surface area contributed by atoms with E-state index in [2.05, 4.69) is 48.2 Å². The van der Waals surface area contributed by atoms with Crippen molar-refractivity contribution in [2.75, 3.05) is 13.1 Å². The summed E-state index contributed by atoms with van der Waals surface area (Å²) in [4.78, 5) is 12.2. The molecule has 0 amide bonds. The number of hydrogen-bond acceptors (Lipinski definition) is 3. The summed E-state index contributed by atoms with van der Waals surface area (Å²) in [6, 6.07) is 4.51. The van der Waals surface area contributed by atoms with Gasteiger partial charge >= 0.3 is 0 Å². The number of likely N-dealkylation sites (tertiary alicyclic amines) is 1. The summed E-state index contributed by atoms with van der Waals surface area (Å²) in [7, 11) is 0. The van der Waals surface area contributed by atoms with E-state index < -0.39 is 0 Å². The average Bonchev–Trinajstić information content (AvgIpc) is 2.84. The second-order valence-corrected chi connectivity index (χ2v) is 7.60. The Bertz CT molecular complexity index is 638. The van der Waals surface area contributed by atoms with Crippen LogP contribution in [0.1, 0.15) is 58.8 Å². The van der Waals surface area contributed by atoms with Crippen LogP contribution in [0, 0.1) is 5.41 Å². The van der Waals surface area contributed by atoms with Crippen molar-refractivity contribution in [1.29, 1.82) is 0 Å². The Morgan fingerprint density at radius 3 is 2.82 bits per heavy atom. The van der Waals surface area contributed by atoms with E-state index in [0.717, 1.165) is 24.3 Å². The summed E-state index contributed by atoms with van der Waals surface area (Å²) in [5, 5.41) is 0. The highest BCUT2D eigenvalue weighted by molar-refractivity contribution is 5.71. The minimum atomic E-state index is 0.214. The van der Waals surface area contributed by atoms with Gasteiger partial charge in [0.05, 0.1) is 6.04 Å². The quantitative estimate of drug-likeness (QED) is 0.858. The molecule has 0 aromatic carbocycles. The van der Waals surface area contributed by atoms with E-state index in [-0.39, 0.29) is 5.41 Å². The largest absolute Gasteiger partial charge is 0.311 e. The van der Waals surface area contributed by atoms with Gasteiger partial charge in [0.1, 0.15) is 11.3 Å².